The number of hydrogen-bond donors (Lipinski definition) is 3. The van der Waals surface area contributed by atoms with Crippen LogP contribution >= 0.6 is 0 Å². The summed E-state index contributed by atoms with van der Waals surface area (Å²) in [6.45, 7) is 0.675. The molecule has 2 aromatic carbocycles. The second kappa shape index (κ2) is 8.90. The Balaban J connectivity index is 1.89. The topological polar surface area (TPSA) is 79.8 Å². The number of ether oxygens (including phenoxy) is 2. The fraction of sp³-hybridized carbons (Fsp3) is 0.278. The highest BCUT2D eigenvalue weighted by atomic mass is 16.5. The molecule has 0 heterocycles. The maximum atomic E-state index is 12.2. The van der Waals surface area contributed by atoms with Gasteiger partial charge in [-0.25, -0.2) is 0 Å². The molecule has 2 rings (SSSR count). The van der Waals surface area contributed by atoms with Crippen molar-refractivity contribution in [1.29, 1.82) is 0 Å². The maximum Gasteiger partial charge on any atom is 0.255 e. The summed E-state index contributed by atoms with van der Waals surface area (Å²) >= 11 is 0. The normalized spacial score (nSPS) is 11.6. The molecule has 24 heavy (non-hydrogen) atoms. The molecular weight excluding hydrogens is 308 g/mol. The van der Waals surface area contributed by atoms with Gasteiger partial charge in [-0.3, -0.25) is 4.79 Å². The van der Waals surface area contributed by atoms with Gasteiger partial charge in [0.05, 0.1) is 7.11 Å². The highest BCUT2D eigenvalue weighted by Gasteiger charge is 2.07. The number of aliphatic hydroxyl groups excluding tert-OH is 1. The first-order chi connectivity index (χ1) is 11.6. The van der Waals surface area contributed by atoms with Crippen LogP contribution in [0.5, 0.6) is 11.5 Å². The molecule has 1 atom stereocenters. The van der Waals surface area contributed by atoms with E-state index in [0.717, 1.165) is 0 Å². The van der Waals surface area contributed by atoms with Crippen LogP contribution < -0.4 is 20.1 Å². The molecule has 1 unspecified atom stereocenters. The molecule has 0 radical (unpaired) electrons. The molecule has 0 aliphatic rings. The third-order valence-electron chi connectivity index (χ3n) is 3.35. The third-order valence-corrected chi connectivity index (χ3v) is 3.35. The minimum Gasteiger partial charge on any atom is -0.497 e. The second-order valence-electron chi connectivity index (χ2n) is 5.23. The Morgan fingerprint density at radius 3 is 2.29 bits per heavy atom. The molecule has 128 valence electrons. The number of likely N-dealkylation sites (N-methyl/N-ethyl adjacent to an activating group) is 1. The molecule has 0 spiro atoms. The van der Waals surface area contributed by atoms with E-state index in [4.69, 9.17) is 9.47 Å². The lowest BCUT2D eigenvalue weighted by Crippen LogP contribution is -2.29. The van der Waals surface area contributed by atoms with Crippen molar-refractivity contribution in [3.8, 4) is 11.5 Å². The second-order valence-corrected chi connectivity index (χ2v) is 5.23. The van der Waals surface area contributed by atoms with E-state index in [0.29, 0.717) is 29.3 Å². The molecule has 2 aromatic rings. The van der Waals surface area contributed by atoms with Gasteiger partial charge >= 0.3 is 0 Å². The predicted molar refractivity (Wildman–Crippen MR) is 92.8 cm³/mol. The fourth-order valence-electron chi connectivity index (χ4n) is 2.07. The SMILES string of the molecule is CNCC(O)COc1ccc(NC(=O)c2ccc(OC)cc2)cc1. The van der Waals surface area contributed by atoms with Crippen LogP contribution in [0.15, 0.2) is 48.5 Å². The number of rotatable bonds is 8. The van der Waals surface area contributed by atoms with Crippen molar-refractivity contribution in [3.05, 3.63) is 54.1 Å². The minimum atomic E-state index is -0.565. The molecule has 0 fully saturated rings. The Labute approximate surface area is 141 Å². The van der Waals surface area contributed by atoms with E-state index in [1.165, 1.54) is 0 Å². The first-order valence-corrected chi connectivity index (χ1v) is 7.63. The summed E-state index contributed by atoms with van der Waals surface area (Å²) in [5.74, 6) is 1.14. The van der Waals surface area contributed by atoms with Crippen LogP contribution in [0.25, 0.3) is 0 Å². The molecule has 0 saturated heterocycles. The molecular formula is C18H22N2O4. The number of methoxy groups -OCH3 is 1. The number of hydrogen-bond acceptors (Lipinski definition) is 5. The lowest BCUT2D eigenvalue weighted by molar-refractivity contribution is 0.102. The zero-order valence-electron chi connectivity index (χ0n) is 13.8. The molecule has 3 N–H and O–H groups in total. The number of carbonyl (C=O) groups is 1. The van der Waals surface area contributed by atoms with Crippen LogP contribution in [0.2, 0.25) is 0 Å². The summed E-state index contributed by atoms with van der Waals surface area (Å²) < 4.78 is 10.5. The number of nitrogens with one attached hydrogen (secondary N) is 2. The van der Waals surface area contributed by atoms with Gasteiger partial charge in [0.25, 0.3) is 5.91 Å². The van der Waals surface area contributed by atoms with Crippen molar-refractivity contribution < 1.29 is 19.4 Å². The van der Waals surface area contributed by atoms with Crippen molar-refractivity contribution in [2.75, 3.05) is 32.6 Å². The number of carbonyl (C=O) groups excluding carboxylic acids is 1. The van der Waals surface area contributed by atoms with E-state index in [1.54, 1.807) is 62.7 Å². The van der Waals surface area contributed by atoms with Gasteiger partial charge in [-0.1, -0.05) is 0 Å². The zero-order valence-corrected chi connectivity index (χ0v) is 13.8. The maximum absolute atomic E-state index is 12.2. The van der Waals surface area contributed by atoms with E-state index in [2.05, 4.69) is 10.6 Å². The summed E-state index contributed by atoms with van der Waals surface area (Å²) in [5.41, 5.74) is 1.21. The van der Waals surface area contributed by atoms with Crippen LogP contribution in [0, 0.1) is 0 Å². The van der Waals surface area contributed by atoms with E-state index in [-0.39, 0.29) is 12.5 Å². The van der Waals surface area contributed by atoms with Gasteiger partial charge in [0.15, 0.2) is 0 Å². The Morgan fingerprint density at radius 1 is 1.08 bits per heavy atom. The first-order valence-electron chi connectivity index (χ1n) is 7.63. The van der Waals surface area contributed by atoms with Crippen molar-refractivity contribution in [2.24, 2.45) is 0 Å². The predicted octanol–water partition coefficient (Wildman–Crippen LogP) is 1.91. The molecule has 0 aliphatic heterocycles. The van der Waals surface area contributed by atoms with Gasteiger partial charge in [-0.15, -0.1) is 0 Å². The largest absolute Gasteiger partial charge is 0.497 e. The lowest BCUT2D eigenvalue weighted by atomic mass is 10.2. The minimum absolute atomic E-state index is 0.198. The Morgan fingerprint density at radius 2 is 1.71 bits per heavy atom. The Hall–Kier alpha value is -2.57. The number of benzene rings is 2. The molecule has 0 aromatic heterocycles. The number of amides is 1. The smallest absolute Gasteiger partial charge is 0.255 e. The molecule has 1 amide bonds. The first kappa shape index (κ1) is 17.8. The number of anilines is 1. The van der Waals surface area contributed by atoms with Gasteiger partial charge < -0.3 is 25.2 Å². The van der Waals surface area contributed by atoms with Crippen LogP contribution in [-0.4, -0.2) is 44.4 Å². The van der Waals surface area contributed by atoms with Gasteiger partial charge in [0.2, 0.25) is 0 Å². The highest BCUT2D eigenvalue weighted by molar-refractivity contribution is 6.04. The van der Waals surface area contributed by atoms with Crippen LogP contribution in [0.4, 0.5) is 5.69 Å². The third kappa shape index (κ3) is 5.26. The zero-order chi connectivity index (χ0) is 17.4. The quantitative estimate of drug-likeness (QED) is 0.689. The van der Waals surface area contributed by atoms with Crippen molar-refractivity contribution >= 4 is 11.6 Å². The standard InChI is InChI=1S/C18H22N2O4/c1-19-11-15(21)12-24-17-9-5-14(6-10-17)20-18(22)13-3-7-16(23-2)8-4-13/h3-10,15,19,21H,11-12H2,1-2H3,(H,20,22). The Kier molecular flexibility index (Phi) is 6.60. The summed E-state index contributed by atoms with van der Waals surface area (Å²) in [7, 11) is 3.35. The summed E-state index contributed by atoms with van der Waals surface area (Å²) in [6, 6.07) is 13.9. The van der Waals surface area contributed by atoms with Crippen LogP contribution in [-0.2, 0) is 0 Å². The van der Waals surface area contributed by atoms with Crippen molar-refractivity contribution in [3.63, 3.8) is 0 Å². The molecule has 6 heteroatoms. The van der Waals surface area contributed by atoms with Crippen LogP contribution in [0.1, 0.15) is 10.4 Å². The summed E-state index contributed by atoms with van der Waals surface area (Å²) in [5, 5.41) is 15.3. The highest BCUT2D eigenvalue weighted by Crippen LogP contribution is 2.17. The fourth-order valence-corrected chi connectivity index (χ4v) is 2.07. The van der Waals surface area contributed by atoms with Gasteiger partial charge in [-0.2, -0.15) is 0 Å². The van der Waals surface area contributed by atoms with Gasteiger partial charge in [0, 0.05) is 17.8 Å². The average Bonchev–Trinajstić information content (AvgIpc) is 2.61. The summed E-state index contributed by atoms with van der Waals surface area (Å²) in [6.07, 6.45) is -0.565. The monoisotopic (exact) mass is 330 g/mol. The van der Waals surface area contributed by atoms with Crippen molar-refractivity contribution in [1.82, 2.24) is 5.32 Å². The van der Waals surface area contributed by atoms with Crippen molar-refractivity contribution in [2.45, 2.75) is 6.10 Å². The van der Waals surface area contributed by atoms with E-state index < -0.39 is 6.10 Å². The van der Waals surface area contributed by atoms with Gasteiger partial charge in [0.1, 0.15) is 24.2 Å². The average molecular weight is 330 g/mol. The van der Waals surface area contributed by atoms with E-state index in [1.807, 2.05) is 0 Å². The summed E-state index contributed by atoms with van der Waals surface area (Å²) in [4.78, 5) is 12.2. The Bertz CT molecular complexity index is 641. The van der Waals surface area contributed by atoms with Crippen LogP contribution in [0.3, 0.4) is 0 Å². The lowest BCUT2D eigenvalue weighted by Gasteiger charge is -2.12. The number of aliphatic hydroxyl groups is 1. The molecule has 6 nitrogen and oxygen atoms in total. The van der Waals surface area contributed by atoms with E-state index in [9.17, 15) is 9.90 Å². The van der Waals surface area contributed by atoms with Gasteiger partial charge in [-0.05, 0) is 55.6 Å². The van der Waals surface area contributed by atoms with E-state index >= 15 is 0 Å². The molecule has 0 saturated carbocycles. The molecule has 0 aliphatic carbocycles. The molecule has 0 bridgehead atoms.